The van der Waals surface area contributed by atoms with E-state index in [1.807, 2.05) is 24.0 Å². The second kappa shape index (κ2) is 7.76. The van der Waals surface area contributed by atoms with E-state index in [9.17, 15) is 18.0 Å². The van der Waals surface area contributed by atoms with Gasteiger partial charge in [0.25, 0.3) is 5.91 Å². The lowest BCUT2D eigenvalue weighted by molar-refractivity contribution is -0.137. The van der Waals surface area contributed by atoms with Crippen molar-refractivity contribution in [2.24, 2.45) is 5.92 Å². The number of alkyl halides is 3. The molecule has 3 unspecified atom stereocenters. The average Bonchev–Trinajstić information content (AvgIpc) is 3.49. The van der Waals surface area contributed by atoms with E-state index in [1.165, 1.54) is 12.3 Å². The molecule has 2 aromatic heterocycles. The quantitative estimate of drug-likeness (QED) is 0.551. The standard InChI is InChI=1S/C24H22F3N3O2/c1-14-3-2-4-19(21(14)22-28-9-10-32-22)23(31)30-18-7-8-20(30)15(12-18)11-17-6-5-16(13-29-17)24(25,26)27/h2-6,9-10,13,15,18,20H,7-8,11-12H2,1H3. The molecule has 2 aliphatic heterocycles. The minimum atomic E-state index is -4.39. The number of nitrogens with zero attached hydrogens (tertiary/aromatic N) is 3. The number of pyridine rings is 1. The Kier molecular flexibility index (Phi) is 5.03. The van der Waals surface area contributed by atoms with Crippen LogP contribution in [0.5, 0.6) is 0 Å². The molecule has 5 nitrogen and oxygen atoms in total. The van der Waals surface area contributed by atoms with Crippen molar-refractivity contribution in [3.8, 4) is 11.5 Å². The molecule has 4 heterocycles. The molecule has 8 heteroatoms. The summed E-state index contributed by atoms with van der Waals surface area (Å²) in [6, 6.07) is 8.29. The predicted molar refractivity (Wildman–Crippen MR) is 111 cm³/mol. The van der Waals surface area contributed by atoms with E-state index in [1.54, 1.807) is 12.3 Å². The number of carbonyl (C=O) groups is 1. The van der Waals surface area contributed by atoms with Crippen LogP contribution in [0.1, 0.15) is 46.4 Å². The Labute approximate surface area is 183 Å². The van der Waals surface area contributed by atoms with E-state index in [0.29, 0.717) is 29.1 Å². The van der Waals surface area contributed by atoms with Crippen LogP contribution in [0.15, 0.2) is 53.4 Å². The van der Waals surface area contributed by atoms with Gasteiger partial charge in [-0.2, -0.15) is 13.2 Å². The van der Waals surface area contributed by atoms with Gasteiger partial charge < -0.3 is 9.32 Å². The zero-order valence-corrected chi connectivity index (χ0v) is 17.5. The third-order valence-corrected chi connectivity index (χ3v) is 6.67. The lowest BCUT2D eigenvalue weighted by atomic mass is 9.86. The Morgan fingerprint density at radius 1 is 1.19 bits per heavy atom. The lowest BCUT2D eigenvalue weighted by Crippen LogP contribution is -2.37. The van der Waals surface area contributed by atoms with E-state index in [4.69, 9.17) is 4.42 Å². The Balaban J connectivity index is 1.38. The van der Waals surface area contributed by atoms with E-state index < -0.39 is 11.7 Å². The normalized spacial score (nSPS) is 22.5. The molecule has 2 fully saturated rings. The summed E-state index contributed by atoms with van der Waals surface area (Å²) in [4.78, 5) is 23.9. The van der Waals surface area contributed by atoms with E-state index in [0.717, 1.165) is 37.1 Å². The predicted octanol–water partition coefficient (Wildman–Crippen LogP) is 5.30. The van der Waals surface area contributed by atoms with Gasteiger partial charge in [0.2, 0.25) is 5.89 Å². The molecule has 0 saturated carbocycles. The summed E-state index contributed by atoms with van der Waals surface area (Å²) in [5.74, 6) is 0.553. The van der Waals surface area contributed by atoms with Crippen molar-refractivity contribution in [2.45, 2.75) is 50.9 Å². The number of hydrogen-bond acceptors (Lipinski definition) is 4. The molecule has 0 N–H and O–H groups in total. The van der Waals surface area contributed by atoms with Crippen molar-refractivity contribution in [1.29, 1.82) is 0 Å². The number of fused-ring (bicyclic) bond motifs is 2. The van der Waals surface area contributed by atoms with Crippen LogP contribution in [0.2, 0.25) is 0 Å². The summed E-state index contributed by atoms with van der Waals surface area (Å²) in [6.07, 6.45) is 2.76. The van der Waals surface area contributed by atoms with Gasteiger partial charge in [-0.1, -0.05) is 12.1 Å². The van der Waals surface area contributed by atoms with Gasteiger partial charge in [0.15, 0.2) is 0 Å². The molecule has 0 aliphatic carbocycles. The van der Waals surface area contributed by atoms with Gasteiger partial charge >= 0.3 is 6.18 Å². The largest absolute Gasteiger partial charge is 0.444 e. The third-order valence-electron chi connectivity index (χ3n) is 6.67. The van der Waals surface area contributed by atoms with Crippen molar-refractivity contribution in [3.05, 3.63) is 71.4 Å². The Hall–Kier alpha value is -3.16. The number of rotatable bonds is 4. The number of aryl methyl sites for hydroxylation is 1. The van der Waals surface area contributed by atoms with Crippen molar-refractivity contribution < 1.29 is 22.4 Å². The first-order valence-corrected chi connectivity index (χ1v) is 10.7. The molecule has 2 aliphatic rings. The highest BCUT2D eigenvalue weighted by Crippen LogP contribution is 2.44. The molecule has 3 aromatic rings. The van der Waals surface area contributed by atoms with Gasteiger partial charge in [-0.25, -0.2) is 4.98 Å². The van der Waals surface area contributed by atoms with Gasteiger partial charge in [-0.15, -0.1) is 0 Å². The second-order valence-corrected chi connectivity index (χ2v) is 8.58. The summed E-state index contributed by atoms with van der Waals surface area (Å²) < 4.78 is 43.9. The summed E-state index contributed by atoms with van der Waals surface area (Å²) >= 11 is 0. The maximum Gasteiger partial charge on any atom is 0.417 e. The first-order valence-electron chi connectivity index (χ1n) is 10.7. The maximum absolute atomic E-state index is 13.6. The van der Waals surface area contributed by atoms with Crippen LogP contribution in [0.4, 0.5) is 13.2 Å². The lowest BCUT2D eigenvalue weighted by Gasteiger charge is -2.25. The van der Waals surface area contributed by atoms with E-state index in [-0.39, 0.29) is 23.9 Å². The minimum absolute atomic E-state index is 0.0442. The molecule has 1 aromatic carbocycles. The van der Waals surface area contributed by atoms with Gasteiger partial charge in [0.05, 0.1) is 22.9 Å². The van der Waals surface area contributed by atoms with Crippen molar-refractivity contribution in [1.82, 2.24) is 14.9 Å². The highest BCUT2D eigenvalue weighted by molar-refractivity contribution is 6.01. The summed E-state index contributed by atoms with van der Waals surface area (Å²) in [5, 5.41) is 0. The molecular weight excluding hydrogens is 419 g/mol. The van der Waals surface area contributed by atoms with Crippen LogP contribution in [0.25, 0.3) is 11.5 Å². The van der Waals surface area contributed by atoms with Crippen LogP contribution >= 0.6 is 0 Å². The number of aromatic nitrogens is 2. The Morgan fingerprint density at radius 2 is 2.03 bits per heavy atom. The monoisotopic (exact) mass is 441 g/mol. The van der Waals surface area contributed by atoms with Gasteiger partial charge in [0.1, 0.15) is 6.26 Å². The van der Waals surface area contributed by atoms with Gasteiger partial charge in [-0.3, -0.25) is 9.78 Å². The molecule has 0 spiro atoms. The number of benzene rings is 1. The molecule has 1 amide bonds. The first kappa shape index (κ1) is 20.7. The number of oxazole rings is 1. The van der Waals surface area contributed by atoms with Crippen LogP contribution in [0, 0.1) is 12.8 Å². The number of halogens is 3. The summed E-state index contributed by atoms with van der Waals surface area (Å²) in [7, 11) is 0. The maximum atomic E-state index is 13.6. The zero-order chi connectivity index (χ0) is 22.5. The molecule has 5 rings (SSSR count). The van der Waals surface area contributed by atoms with Crippen molar-refractivity contribution in [3.63, 3.8) is 0 Å². The number of carbonyl (C=O) groups excluding carboxylic acids is 1. The van der Waals surface area contributed by atoms with Crippen LogP contribution in [-0.2, 0) is 12.6 Å². The fraction of sp³-hybridized carbons (Fsp3) is 0.375. The zero-order valence-electron chi connectivity index (χ0n) is 17.5. The minimum Gasteiger partial charge on any atom is -0.444 e. The molecular formula is C24H22F3N3O2. The Morgan fingerprint density at radius 3 is 2.72 bits per heavy atom. The number of hydrogen-bond donors (Lipinski definition) is 0. The molecule has 166 valence electrons. The first-order chi connectivity index (χ1) is 15.3. The topological polar surface area (TPSA) is 59.2 Å². The fourth-order valence-electron chi connectivity index (χ4n) is 5.25. The van der Waals surface area contributed by atoms with Crippen molar-refractivity contribution in [2.75, 3.05) is 0 Å². The molecule has 2 bridgehead atoms. The van der Waals surface area contributed by atoms with Crippen LogP contribution in [0.3, 0.4) is 0 Å². The molecule has 32 heavy (non-hydrogen) atoms. The molecule has 2 saturated heterocycles. The highest BCUT2D eigenvalue weighted by Gasteiger charge is 2.49. The number of amides is 1. The average molecular weight is 441 g/mol. The van der Waals surface area contributed by atoms with Gasteiger partial charge in [-0.05, 0) is 62.3 Å². The summed E-state index contributed by atoms with van der Waals surface area (Å²) in [6.45, 7) is 1.92. The van der Waals surface area contributed by atoms with Gasteiger partial charge in [0, 0.05) is 24.0 Å². The van der Waals surface area contributed by atoms with Crippen molar-refractivity contribution >= 4 is 5.91 Å². The fourth-order valence-corrected chi connectivity index (χ4v) is 5.25. The molecule has 0 radical (unpaired) electrons. The second-order valence-electron chi connectivity index (χ2n) is 8.58. The summed E-state index contributed by atoms with van der Waals surface area (Å²) in [5.41, 5.74) is 2.06. The SMILES string of the molecule is Cc1cccc(C(=O)N2C3CCC2C(Cc2ccc(C(F)(F)F)cn2)C3)c1-c1ncco1. The van der Waals surface area contributed by atoms with E-state index in [2.05, 4.69) is 9.97 Å². The van der Waals surface area contributed by atoms with Crippen LogP contribution in [-0.4, -0.2) is 32.9 Å². The van der Waals surface area contributed by atoms with E-state index >= 15 is 0 Å². The smallest absolute Gasteiger partial charge is 0.417 e. The third kappa shape index (κ3) is 3.57. The highest BCUT2D eigenvalue weighted by atomic mass is 19.4. The van der Waals surface area contributed by atoms with Crippen LogP contribution < -0.4 is 0 Å². The Bertz CT molecular complexity index is 1130. The molecule has 3 atom stereocenters.